The number of carbonyl (C=O) groups excluding carboxylic acids is 2. The first kappa shape index (κ1) is 24.3. The Morgan fingerprint density at radius 2 is 1.86 bits per heavy atom. The summed E-state index contributed by atoms with van der Waals surface area (Å²) in [6, 6.07) is 9.33. The monoisotopic (exact) mass is 493 g/mol. The summed E-state index contributed by atoms with van der Waals surface area (Å²) in [6.07, 6.45) is 9.46. The molecule has 1 fully saturated rings. The first-order valence-corrected chi connectivity index (χ1v) is 12.9. The van der Waals surface area contributed by atoms with Gasteiger partial charge < -0.3 is 28.7 Å². The van der Waals surface area contributed by atoms with E-state index in [1.54, 1.807) is 31.4 Å². The number of benzene rings is 1. The van der Waals surface area contributed by atoms with E-state index >= 15 is 0 Å². The molecule has 2 aliphatic rings. The van der Waals surface area contributed by atoms with E-state index in [9.17, 15) is 9.59 Å². The molecule has 0 radical (unpaired) electrons. The van der Waals surface area contributed by atoms with Crippen LogP contribution in [0.1, 0.15) is 67.9 Å². The van der Waals surface area contributed by atoms with E-state index < -0.39 is 5.54 Å². The van der Waals surface area contributed by atoms with Crippen molar-refractivity contribution in [3.8, 4) is 11.5 Å². The van der Waals surface area contributed by atoms with E-state index in [-0.39, 0.29) is 24.4 Å². The minimum atomic E-state index is -1.11. The highest BCUT2D eigenvalue weighted by Gasteiger charge is 2.48. The van der Waals surface area contributed by atoms with Gasteiger partial charge in [0.25, 0.3) is 5.91 Å². The van der Waals surface area contributed by atoms with Crippen molar-refractivity contribution in [1.29, 1.82) is 0 Å². The first-order valence-electron chi connectivity index (χ1n) is 12.9. The predicted octanol–water partition coefficient (Wildman–Crippen LogP) is 4.90. The summed E-state index contributed by atoms with van der Waals surface area (Å²) in [5.41, 5.74) is 1.65. The van der Waals surface area contributed by atoms with Crippen molar-refractivity contribution in [3.05, 3.63) is 47.9 Å². The second-order valence-electron chi connectivity index (χ2n) is 10.1. The fraction of sp³-hybridized carbons (Fsp3) is 0.500. The molecule has 5 rings (SSSR count). The summed E-state index contributed by atoms with van der Waals surface area (Å²) in [6.45, 7) is 2.41. The molecule has 3 heterocycles. The molecule has 8 nitrogen and oxygen atoms in total. The molecule has 2 amide bonds. The van der Waals surface area contributed by atoms with E-state index in [0.717, 1.165) is 36.8 Å². The Balaban J connectivity index is 1.53. The quantitative estimate of drug-likeness (QED) is 0.528. The number of nitrogens with one attached hydrogen (secondary N) is 1. The van der Waals surface area contributed by atoms with Crippen LogP contribution in [0.5, 0.6) is 11.5 Å². The zero-order valence-corrected chi connectivity index (χ0v) is 21.3. The molecule has 0 saturated heterocycles. The van der Waals surface area contributed by atoms with Crippen LogP contribution in [-0.4, -0.2) is 47.1 Å². The van der Waals surface area contributed by atoms with Crippen molar-refractivity contribution >= 4 is 22.9 Å². The molecule has 0 spiro atoms. The molecule has 1 aliphatic heterocycles. The SMILES string of the molecule is COc1cccc(CN2C(=O)c3cc4occc4n3C[C@@]2(C)C(=O)NC2CCCCCCC2)c1OC. The molecule has 2 aromatic heterocycles. The molecular formula is C28H35N3O5. The van der Waals surface area contributed by atoms with E-state index in [2.05, 4.69) is 5.32 Å². The van der Waals surface area contributed by atoms with Crippen LogP contribution in [0.4, 0.5) is 0 Å². The number of furan rings is 1. The number of fused-ring (bicyclic) bond motifs is 3. The maximum Gasteiger partial charge on any atom is 0.271 e. The number of methoxy groups -OCH3 is 2. The van der Waals surface area contributed by atoms with Gasteiger partial charge in [0.1, 0.15) is 11.2 Å². The number of hydrogen-bond acceptors (Lipinski definition) is 5. The summed E-state index contributed by atoms with van der Waals surface area (Å²) in [7, 11) is 3.17. The molecule has 3 aromatic rings. The third kappa shape index (κ3) is 4.22. The second-order valence-corrected chi connectivity index (χ2v) is 10.1. The first-order chi connectivity index (χ1) is 17.5. The fourth-order valence-electron chi connectivity index (χ4n) is 5.71. The average Bonchev–Trinajstić information content (AvgIpc) is 3.45. The van der Waals surface area contributed by atoms with Crippen molar-refractivity contribution in [3.63, 3.8) is 0 Å². The number of amides is 2. The van der Waals surface area contributed by atoms with Gasteiger partial charge in [-0.05, 0) is 25.8 Å². The van der Waals surface area contributed by atoms with E-state index in [4.69, 9.17) is 13.9 Å². The van der Waals surface area contributed by atoms with Gasteiger partial charge in [0.15, 0.2) is 17.1 Å². The largest absolute Gasteiger partial charge is 0.493 e. The summed E-state index contributed by atoms with van der Waals surface area (Å²) < 4.78 is 18.6. The lowest BCUT2D eigenvalue weighted by Crippen LogP contribution is -2.64. The highest BCUT2D eigenvalue weighted by Crippen LogP contribution is 2.37. The van der Waals surface area contributed by atoms with Crippen LogP contribution in [0.15, 0.2) is 41.0 Å². The van der Waals surface area contributed by atoms with Crippen molar-refractivity contribution in [2.45, 2.75) is 76.5 Å². The van der Waals surface area contributed by atoms with Gasteiger partial charge in [-0.1, -0.05) is 44.2 Å². The predicted molar refractivity (Wildman–Crippen MR) is 136 cm³/mol. The molecular weight excluding hydrogens is 458 g/mol. The molecule has 192 valence electrons. The lowest BCUT2D eigenvalue weighted by Gasteiger charge is -2.44. The molecule has 0 unspecified atom stereocenters. The summed E-state index contributed by atoms with van der Waals surface area (Å²) in [4.78, 5) is 29.7. The number of rotatable bonds is 6. The van der Waals surface area contributed by atoms with Crippen LogP contribution in [0.2, 0.25) is 0 Å². The molecule has 1 N–H and O–H groups in total. The standard InChI is InChI=1S/C28H35N3O5/c1-28(27(33)29-20-11-7-5-4-6-8-12-20)18-30-21-14-15-36-24(21)16-22(30)26(32)31(28)17-19-10-9-13-23(34-2)25(19)35-3/h9-10,13-16,20H,4-8,11-12,17-18H2,1-3H3,(H,29,33)/t28-/m0/s1. The summed E-state index contributed by atoms with van der Waals surface area (Å²) in [5, 5.41) is 3.32. The van der Waals surface area contributed by atoms with Crippen LogP contribution in [0, 0.1) is 0 Å². The van der Waals surface area contributed by atoms with Crippen LogP contribution in [-0.2, 0) is 17.9 Å². The van der Waals surface area contributed by atoms with Gasteiger partial charge in [0.05, 0.1) is 39.1 Å². The Hall–Kier alpha value is -3.42. The van der Waals surface area contributed by atoms with Gasteiger partial charge >= 0.3 is 0 Å². The lowest BCUT2D eigenvalue weighted by atomic mass is 9.91. The van der Waals surface area contributed by atoms with Gasteiger partial charge in [-0.3, -0.25) is 9.59 Å². The number of nitrogens with zero attached hydrogens (tertiary/aromatic N) is 2. The molecule has 8 heteroatoms. The average molecular weight is 494 g/mol. The zero-order valence-electron chi connectivity index (χ0n) is 21.3. The molecule has 1 aromatic carbocycles. The number of ether oxygens (including phenoxy) is 2. The van der Waals surface area contributed by atoms with Gasteiger partial charge in [-0.15, -0.1) is 0 Å². The smallest absolute Gasteiger partial charge is 0.271 e. The van der Waals surface area contributed by atoms with Crippen molar-refractivity contribution in [1.82, 2.24) is 14.8 Å². The maximum atomic E-state index is 14.0. The van der Waals surface area contributed by atoms with Crippen LogP contribution in [0.3, 0.4) is 0 Å². The van der Waals surface area contributed by atoms with Gasteiger partial charge in [0, 0.05) is 23.7 Å². The topological polar surface area (TPSA) is 85.9 Å². The number of para-hydroxylation sites is 1. The van der Waals surface area contributed by atoms with Gasteiger partial charge in [0.2, 0.25) is 5.91 Å². The van der Waals surface area contributed by atoms with Crippen molar-refractivity contribution < 1.29 is 23.5 Å². The Labute approximate surface area is 211 Å². The Morgan fingerprint density at radius 3 is 2.58 bits per heavy atom. The molecule has 1 saturated carbocycles. The maximum absolute atomic E-state index is 14.0. The Morgan fingerprint density at radius 1 is 1.11 bits per heavy atom. The summed E-state index contributed by atoms with van der Waals surface area (Å²) >= 11 is 0. The van der Waals surface area contributed by atoms with Gasteiger partial charge in [-0.25, -0.2) is 0 Å². The zero-order chi connectivity index (χ0) is 25.3. The van der Waals surface area contributed by atoms with Crippen molar-refractivity contribution in [2.24, 2.45) is 0 Å². The van der Waals surface area contributed by atoms with E-state index in [1.165, 1.54) is 19.3 Å². The van der Waals surface area contributed by atoms with Gasteiger partial charge in [-0.2, -0.15) is 0 Å². The Bertz CT molecular complexity index is 1250. The van der Waals surface area contributed by atoms with Crippen LogP contribution < -0.4 is 14.8 Å². The van der Waals surface area contributed by atoms with E-state index in [1.807, 2.05) is 35.8 Å². The fourth-order valence-corrected chi connectivity index (χ4v) is 5.71. The van der Waals surface area contributed by atoms with Crippen LogP contribution in [0.25, 0.3) is 11.1 Å². The third-order valence-corrected chi connectivity index (χ3v) is 7.79. The normalized spacial score (nSPS) is 21.1. The van der Waals surface area contributed by atoms with E-state index in [0.29, 0.717) is 29.3 Å². The minimum Gasteiger partial charge on any atom is -0.493 e. The molecule has 36 heavy (non-hydrogen) atoms. The van der Waals surface area contributed by atoms with Crippen LogP contribution >= 0.6 is 0 Å². The Kier molecular flexibility index (Phi) is 6.69. The molecule has 0 bridgehead atoms. The number of carbonyl (C=O) groups is 2. The highest BCUT2D eigenvalue weighted by atomic mass is 16.5. The number of aromatic nitrogens is 1. The second kappa shape index (κ2) is 9.91. The van der Waals surface area contributed by atoms with Crippen molar-refractivity contribution in [2.75, 3.05) is 14.2 Å². The summed E-state index contributed by atoms with van der Waals surface area (Å²) in [5.74, 6) is 0.804. The molecule has 1 atom stereocenters. The number of hydrogen-bond donors (Lipinski definition) is 1. The minimum absolute atomic E-state index is 0.123. The third-order valence-electron chi connectivity index (χ3n) is 7.79. The highest BCUT2D eigenvalue weighted by molar-refractivity contribution is 6.03. The molecule has 1 aliphatic carbocycles. The lowest BCUT2D eigenvalue weighted by molar-refractivity contribution is -0.134.